The van der Waals surface area contributed by atoms with E-state index in [1.54, 1.807) is 18.3 Å². The highest BCUT2D eigenvalue weighted by atomic mass is 79.9. The van der Waals surface area contributed by atoms with Gasteiger partial charge in [-0.15, -0.1) is 5.10 Å². The standard InChI is InChI=1S/C10H8BrN7O2S/c1-21(19,20)10-15-8(12)18-9(16-10)14-7(17-18)6-3-2-5(11)4-13-6/h2-4H,1H3,(H2,12,14,15,16,17). The lowest BCUT2D eigenvalue weighted by molar-refractivity contribution is 0.592. The number of rotatable bonds is 2. The van der Waals surface area contributed by atoms with E-state index in [-0.39, 0.29) is 17.6 Å². The molecule has 108 valence electrons. The number of hydrogen-bond acceptors (Lipinski definition) is 8. The molecule has 0 bridgehead atoms. The van der Waals surface area contributed by atoms with E-state index in [0.29, 0.717) is 5.69 Å². The van der Waals surface area contributed by atoms with Crippen molar-refractivity contribution in [3.8, 4) is 11.5 Å². The van der Waals surface area contributed by atoms with Gasteiger partial charge in [-0.05, 0) is 28.1 Å². The number of halogens is 1. The van der Waals surface area contributed by atoms with Crippen molar-refractivity contribution in [1.82, 2.24) is 29.5 Å². The van der Waals surface area contributed by atoms with Crippen LogP contribution in [0.5, 0.6) is 0 Å². The summed E-state index contributed by atoms with van der Waals surface area (Å²) < 4.78 is 24.9. The third-order valence-electron chi connectivity index (χ3n) is 2.50. The van der Waals surface area contributed by atoms with Crippen LogP contribution in [0.3, 0.4) is 0 Å². The van der Waals surface area contributed by atoms with Crippen LogP contribution in [0.4, 0.5) is 5.95 Å². The second-order valence-electron chi connectivity index (χ2n) is 4.15. The highest BCUT2D eigenvalue weighted by molar-refractivity contribution is 9.10. The average molecular weight is 370 g/mol. The Labute approximate surface area is 127 Å². The fraction of sp³-hybridized carbons (Fsp3) is 0.100. The highest BCUT2D eigenvalue weighted by Gasteiger charge is 2.17. The first-order chi connectivity index (χ1) is 9.84. The van der Waals surface area contributed by atoms with E-state index in [1.807, 2.05) is 0 Å². The summed E-state index contributed by atoms with van der Waals surface area (Å²) in [5.74, 6) is 0.202. The Kier molecular flexibility index (Phi) is 3.10. The quantitative estimate of drug-likeness (QED) is 0.683. The fourth-order valence-corrected chi connectivity index (χ4v) is 2.31. The molecule has 0 aliphatic carbocycles. The van der Waals surface area contributed by atoms with Crippen LogP contribution in [0, 0.1) is 0 Å². The van der Waals surface area contributed by atoms with Crippen molar-refractivity contribution in [3.63, 3.8) is 0 Å². The van der Waals surface area contributed by atoms with Crippen LogP contribution in [0.2, 0.25) is 0 Å². The van der Waals surface area contributed by atoms with Crippen molar-refractivity contribution >= 4 is 37.5 Å². The van der Waals surface area contributed by atoms with Gasteiger partial charge in [-0.25, -0.2) is 8.42 Å². The molecule has 3 rings (SSSR count). The lowest BCUT2D eigenvalue weighted by atomic mass is 10.3. The molecule has 0 radical (unpaired) electrons. The van der Waals surface area contributed by atoms with Crippen molar-refractivity contribution in [2.45, 2.75) is 5.16 Å². The molecular formula is C10H8BrN7O2S. The normalized spacial score (nSPS) is 11.9. The first-order valence-electron chi connectivity index (χ1n) is 5.57. The second-order valence-corrected chi connectivity index (χ2v) is 6.97. The van der Waals surface area contributed by atoms with Crippen LogP contribution in [-0.2, 0) is 9.84 Å². The summed E-state index contributed by atoms with van der Waals surface area (Å²) in [6, 6.07) is 3.49. The Morgan fingerprint density at radius 3 is 2.62 bits per heavy atom. The Bertz CT molecular complexity index is 936. The number of anilines is 1. The zero-order chi connectivity index (χ0) is 15.2. The molecule has 0 atom stereocenters. The smallest absolute Gasteiger partial charge is 0.258 e. The molecule has 3 aromatic heterocycles. The van der Waals surface area contributed by atoms with Crippen molar-refractivity contribution < 1.29 is 8.42 Å². The van der Waals surface area contributed by atoms with Crippen LogP contribution in [0.25, 0.3) is 17.3 Å². The second kappa shape index (κ2) is 4.70. The van der Waals surface area contributed by atoms with Crippen LogP contribution in [0.15, 0.2) is 28.0 Å². The van der Waals surface area contributed by atoms with Gasteiger partial charge >= 0.3 is 0 Å². The maximum Gasteiger partial charge on any atom is 0.258 e. The summed E-state index contributed by atoms with van der Waals surface area (Å²) in [4.78, 5) is 15.8. The summed E-state index contributed by atoms with van der Waals surface area (Å²) in [5.41, 5.74) is 6.19. The summed E-state index contributed by atoms with van der Waals surface area (Å²) >= 11 is 3.28. The number of nitrogens with two attached hydrogens (primary N) is 1. The third kappa shape index (κ3) is 2.56. The van der Waals surface area contributed by atoms with Gasteiger partial charge in [-0.2, -0.15) is 19.5 Å². The van der Waals surface area contributed by atoms with Crippen molar-refractivity contribution in [1.29, 1.82) is 0 Å². The number of pyridine rings is 1. The maximum absolute atomic E-state index is 11.5. The molecular weight excluding hydrogens is 362 g/mol. The zero-order valence-electron chi connectivity index (χ0n) is 10.6. The summed E-state index contributed by atoms with van der Waals surface area (Å²) in [6.07, 6.45) is 2.59. The number of hydrogen-bond donors (Lipinski definition) is 1. The number of nitrogens with zero attached hydrogens (tertiary/aromatic N) is 6. The number of fused-ring (bicyclic) bond motifs is 1. The van der Waals surface area contributed by atoms with Gasteiger partial charge in [-0.3, -0.25) is 4.98 Å². The Hall–Kier alpha value is -2.14. The zero-order valence-corrected chi connectivity index (χ0v) is 13.0. The lowest BCUT2D eigenvalue weighted by Crippen LogP contribution is -2.11. The molecule has 3 heterocycles. The van der Waals surface area contributed by atoms with E-state index in [4.69, 9.17) is 5.73 Å². The number of sulfone groups is 1. The molecule has 0 amide bonds. The van der Waals surface area contributed by atoms with E-state index >= 15 is 0 Å². The highest BCUT2D eigenvalue weighted by Crippen LogP contribution is 2.17. The minimum Gasteiger partial charge on any atom is -0.368 e. The monoisotopic (exact) mass is 369 g/mol. The van der Waals surface area contributed by atoms with Crippen LogP contribution in [0.1, 0.15) is 0 Å². The summed E-state index contributed by atoms with van der Waals surface area (Å²) in [5, 5.41) is 3.72. The van der Waals surface area contributed by atoms with E-state index in [9.17, 15) is 8.42 Å². The Morgan fingerprint density at radius 1 is 1.24 bits per heavy atom. The van der Waals surface area contributed by atoms with E-state index < -0.39 is 15.0 Å². The lowest BCUT2D eigenvalue weighted by Gasteiger charge is -1.99. The molecule has 3 aromatic rings. The van der Waals surface area contributed by atoms with Gasteiger partial charge in [0.05, 0.1) is 0 Å². The van der Waals surface area contributed by atoms with Crippen molar-refractivity contribution in [3.05, 3.63) is 22.8 Å². The molecule has 2 N–H and O–H groups in total. The van der Waals surface area contributed by atoms with E-state index in [1.165, 1.54) is 0 Å². The number of nitrogen functional groups attached to an aromatic ring is 1. The predicted molar refractivity (Wildman–Crippen MR) is 77.0 cm³/mol. The number of aromatic nitrogens is 6. The maximum atomic E-state index is 11.5. The minimum absolute atomic E-state index is 0.0441. The van der Waals surface area contributed by atoms with Gasteiger partial charge in [0.25, 0.3) is 10.9 Å². The van der Waals surface area contributed by atoms with Crippen LogP contribution < -0.4 is 5.73 Å². The first kappa shape index (κ1) is 13.8. The first-order valence-corrected chi connectivity index (χ1v) is 8.25. The summed E-state index contributed by atoms with van der Waals surface area (Å²) in [6.45, 7) is 0. The van der Waals surface area contributed by atoms with Crippen molar-refractivity contribution in [2.75, 3.05) is 12.0 Å². The molecule has 0 spiro atoms. The van der Waals surface area contributed by atoms with Gasteiger partial charge in [0.15, 0.2) is 0 Å². The van der Waals surface area contributed by atoms with Gasteiger partial charge in [0, 0.05) is 16.9 Å². The molecule has 0 aliphatic rings. The van der Waals surface area contributed by atoms with Gasteiger partial charge in [0.2, 0.25) is 21.6 Å². The molecule has 0 aliphatic heterocycles. The largest absolute Gasteiger partial charge is 0.368 e. The molecule has 21 heavy (non-hydrogen) atoms. The van der Waals surface area contributed by atoms with Crippen LogP contribution >= 0.6 is 15.9 Å². The summed E-state index contributed by atoms with van der Waals surface area (Å²) in [7, 11) is -3.58. The topological polar surface area (TPSA) is 129 Å². The molecule has 0 fully saturated rings. The Morgan fingerprint density at radius 2 is 2.00 bits per heavy atom. The minimum atomic E-state index is -3.58. The molecule has 9 nitrogen and oxygen atoms in total. The molecule has 11 heteroatoms. The third-order valence-corrected chi connectivity index (χ3v) is 3.82. The van der Waals surface area contributed by atoms with E-state index in [2.05, 4.69) is 41.0 Å². The Balaban J connectivity index is 2.20. The van der Waals surface area contributed by atoms with Crippen LogP contribution in [-0.4, -0.2) is 44.2 Å². The SMILES string of the molecule is CS(=O)(=O)c1nc(N)n2nc(-c3ccc(Br)cn3)nc2n1. The van der Waals surface area contributed by atoms with E-state index in [0.717, 1.165) is 15.2 Å². The van der Waals surface area contributed by atoms with Gasteiger partial charge in [0.1, 0.15) is 5.69 Å². The molecule has 0 saturated carbocycles. The van der Waals surface area contributed by atoms with Gasteiger partial charge in [-0.1, -0.05) is 0 Å². The average Bonchev–Trinajstić information content (AvgIpc) is 2.83. The molecule has 0 aromatic carbocycles. The van der Waals surface area contributed by atoms with Gasteiger partial charge < -0.3 is 5.73 Å². The fourth-order valence-electron chi connectivity index (χ4n) is 1.57. The molecule has 0 unspecified atom stereocenters. The van der Waals surface area contributed by atoms with Crippen molar-refractivity contribution in [2.24, 2.45) is 0 Å². The predicted octanol–water partition coefficient (Wildman–Crippen LogP) is 0.329. The molecule has 0 saturated heterocycles.